The first-order valence-electron chi connectivity index (χ1n) is 7.61. The van der Waals surface area contributed by atoms with Crippen molar-refractivity contribution >= 4 is 16.7 Å². The highest BCUT2D eigenvalue weighted by molar-refractivity contribution is 5.95. The van der Waals surface area contributed by atoms with Gasteiger partial charge in [-0.05, 0) is 37.6 Å². The Balaban J connectivity index is 2.16. The summed E-state index contributed by atoms with van der Waals surface area (Å²) in [5, 5.41) is 0.949. The van der Waals surface area contributed by atoms with Gasteiger partial charge in [-0.3, -0.25) is 9.59 Å². The number of rotatable bonds is 3. The van der Waals surface area contributed by atoms with Crippen molar-refractivity contribution in [1.29, 1.82) is 0 Å². The highest BCUT2D eigenvalue weighted by Gasteiger charge is 2.16. The number of pyridine rings is 1. The Bertz CT molecular complexity index is 964. The first kappa shape index (κ1) is 15.2. The summed E-state index contributed by atoms with van der Waals surface area (Å²) in [5.41, 5.74) is 3.10. The van der Waals surface area contributed by atoms with E-state index in [1.54, 1.807) is 12.3 Å². The van der Waals surface area contributed by atoms with Crippen LogP contribution in [0.3, 0.4) is 0 Å². The molecule has 0 unspecified atom stereocenters. The molecule has 1 aromatic carbocycles. The fourth-order valence-electron chi connectivity index (χ4n) is 2.72. The summed E-state index contributed by atoms with van der Waals surface area (Å²) >= 11 is 0. The molecular formula is C18H19N3O2. The van der Waals surface area contributed by atoms with E-state index in [1.165, 1.54) is 6.07 Å². The summed E-state index contributed by atoms with van der Waals surface area (Å²) in [4.78, 5) is 30.9. The lowest BCUT2D eigenvalue weighted by molar-refractivity contribution is 0.0934. The Morgan fingerprint density at radius 3 is 2.65 bits per heavy atom. The van der Waals surface area contributed by atoms with Crippen molar-refractivity contribution in [3.63, 3.8) is 0 Å². The Morgan fingerprint density at radius 1 is 1.22 bits per heavy atom. The summed E-state index contributed by atoms with van der Waals surface area (Å²) in [6.07, 6.45) is 1.78. The second-order valence-electron chi connectivity index (χ2n) is 6.11. The van der Waals surface area contributed by atoms with Crippen molar-refractivity contribution in [2.75, 3.05) is 0 Å². The van der Waals surface area contributed by atoms with E-state index in [-0.39, 0.29) is 17.3 Å². The third kappa shape index (κ3) is 2.70. The number of imidazole rings is 1. The Labute approximate surface area is 134 Å². The van der Waals surface area contributed by atoms with Crippen LogP contribution in [0.2, 0.25) is 0 Å². The molecular weight excluding hydrogens is 290 g/mol. The summed E-state index contributed by atoms with van der Waals surface area (Å²) < 4.78 is 1.91. The Hall–Kier alpha value is -2.69. The van der Waals surface area contributed by atoms with Crippen molar-refractivity contribution in [2.24, 2.45) is 5.92 Å². The van der Waals surface area contributed by atoms with Crippen molar-refractivity contribution in [2.45, 2.75) is 27.7 Å². The summed E-state index contributed by atoms with van der Waals surface area (Å²) in [6, 6.07) is 7.28. The number of benzene rings is 1. The predicted molar refractivity (Wildman–Crippen MR) is 90.3 cm³/mol. The topological polar surface area (TPSA) is 67.8 Å². The van der Waals surface area contributed by atoms with E-state index in [0.717, 1.165) is 28.0 Å². The normalized spacial score (nSPS) is 11.3. The number of hydrogen-bond acceptors (Lipinski definition) is 3. The maximum absolute atomic E-state index is 12.1. The molecule has 0 aliphatic rings. The molecule has 0 amide bonds. The molecule has 23 heavy (non-hydrogen) atoms. The molecule has 0 fully saturated rings. The van der Waals surface area contributed by atoms with Gasteiger partial charge in [0.2, 0.25) is 5.56 Å². The van der Waals surface area contributed by atoms with Crippen molar-refractivity contribution < 1.29 is 4.79 Å². The predicted octanol–water partition coefficient (Wildman–Crippen LogP) is 3.17. The molecule has 0 radical (unpaired) electrons. The SMILES string of the molecule is Cc1cc(-n2cc(C(=O)C(C)C)nc2C)cc2ccc(=O)[nH]c12. The average molecular weight is 309 g/mol. The zero-order chi connectivity index (χ0) is 16.7. The van der Waals surface area contributed by atoms with E-state index in [9.17, 15) is 9.59 Å². The Kier molecular flexibility index (Phi) is 3.64. The molecule has 0 bridgehead atoms. The zero-order valence-electron chi connectivity index (χ0n) is 13.7. The molecule has 0 spiro atoms. The Morgan fingerprint density at radius 2 is 1.96 bits per heavy atom. The van der Waals surface area contributed by atoms with Crippen LogP contribution < -0.4 is 5.56 Å². The summed E-state index contributed by atoms with van der Waals surface area (Å²) in [7, 11) is 0. The minimum Gasteiger partial charge on any atom is -0.322 e. The van der Waals surface area contributed by atoms with E-state index in [2.05, 4.69) is 9.97 Å². The van der Waals surface area contributed by atoms with E-state index in [0.29, 0.717) is 5.69 Å². The van der Waals surface area contributed by atoms with Gasteiger partial charge >= 0.3 is 0 Å². The van der Waals surface area contributed by atoms with E-state index in [4.69, 9.17) is 0 Å². The number of carbonyl (C=O) groups excluding carboxylic acids is 1. The lowest BCUT2D eigenvalue weighted by Gasteiger charge is -2.09. The van der Waals surface area contributed by atoms with E-state index in [1.807, 2.05) is 44.4 Å². The lowest BCUT2D eigenvalue weighted by Crippen LogP contribution is -2.07. The number of carbonyl (C=O) groups is 1. The van der Waals surface area contributed by atoms with Gasteiger partial charge in [0.25, 0.3) is 0 Å². The molecule has 2 aromatic heterocycles. The molecule has 118 valence electrons. The molecule has 3 aromatic rings. The number of Topliss-reactive ketones (excluding diaryl/α,β-unsaturated/α-hetero) is 1. The second kappa shape index (κ2) is 5.50. The monoisotopic (exact) mass is 309 g/mol. The smallest absolute Gasteiger partial charge is 0.248 e. The highest BCUT2D eigenvalue weighted by Crippen LogP contribution is 2.22. The van der Waals surface area contributed by atoms with Crippen LogP contribution in [0.4, 0.5) is 0 Å². The molecule has 5 heteroatoms. The summed E-state index contributed by atoms with van der Waals surface area (Å²) in [5.74, 6) is 0.715. The van der Waals surface area contributed by atoms with Gasteiger partial charge in [-0.25, -0.2) is 4.98 Å². The van der Waals surface area contributed by atoms with Gasteiger partial charge in [0.15, 0.2) is 5.78 Å². The molecule has 0 aliphatic heterocycles. The maximum atomic E-state index is 12.1. The van der Waals surface area contributed by atoms with Crippen LogP contribution in [0.1, 0.15) is 35.7 Å². The van der Waals surface area contributed by atoms with Crippen molar-refractivity contribution in [3.05, 3.63) is 57.9 Å². The van der Waals surface area contributed by atoms with Gasteiger partial charge in [0, 0.05) is 29.3 Å². The third-order valence-corrected chi connectivity index (χ3v) is 3.95. The number of ketones is 1. The molecule has 3 rings (SSSR count). The van der Waals surface area contributed by atoms with Crippen molar-refractivity contribution in [3.8, 4) is 5.69 Å². The van der Waals surface area contributed by atoms with Gasteiger partial charge in [-0.15, -0.1) is 0 Å². The van der Waals surface area contributed by atoms with Crippen LogP contribution in [0.25, 0.3) is 16.6 Å². The minimum absolute atomic E-state index is 0.0358. The zero-order valence-corrected chi connectivity index (χ0v) is 13.7. The van der Waals surface area contributed by atoms with E-state index < -0.39 is 0 Å². The van der Waals surface area contributed by atoms with Crippen LogP contribution in [0.5, 0.6) is 0 Å². The van der Waals surface area contributed by atoms with Crippen LogP contribution in [0, 0.1) is 19.8 Å². The molecule has 0 saturated heterocycles. The number of H-pyrrole nitrogens is 1. The number of nitrogens with one attached hydrogen (secondary N) is 1. The number of nitrogens with zero attached hydrogens (tertiary/aromatic N) is 2. The third-order valence-electron chi connectivity index (χ3n) is 3.95. The van der Waals surface area contributed by atoms with Crippen LogP contribution in [0.15, 0.2) is 35.3 Å². The van der Waals surface area contributed by atoms with Gasteiger partial charge in [-0.2, -0.15) is 0 Å². The largest absolute Gasteiger partial charge is 0.322 e. The standard InChI is InChI=1S/C18H19N3O2/c1-10(2)18(23)15-9-21(12(4)19-15)14-7-11(3)17-13(8-14)5-6-16(22)20-17/h5-10H,1-4H3,(H,20,22). The summed E-state index contributed by atoms with van der Waals surface area (Å²) in [6.45, 7) is 7.57. The minimum atomic E-state index is -0.114. The van der Waals surface area contributed by atoms with Gasteiger partial charge < -0.3 is 9.55 Å². The average Bonchev–Trinajstić information content (AvgIpc) is 2.88. The first-order valence-corrected chi connectivity index (χ1v) is 7.61. The van der Waals surface area contributed by atoms with Gasteiger partial charge in [0.05, 0.1) is 5.52 Å². The molecule has 0 atom stereocenters. The highest BCUT2D eigenvalue weighted by atomic mass is 16.1. The molecule has 5 nitrogen and oxygen atoms in total. The number of aromatic nitrogens is 3. The lowest BCUT2D eigenvalue weighted by atomic mass is 10.1. The number of aromatic amines is 1. The quantitative estimate of drug-likeness (QED) is 0.756. The van der Waals surface area contributed by atoms with Gasteiger partial charge in [0.1, 0.15) is 11.5 Å². The number of fused-ring (bicyclic) bond motifs is 1. The number of hydrogen-bond donors (Lipinski definition) is 1. The first-order chi connectivity index (χ1) is 10.9. The maximum Gasteiger partial charge on any atom is 0.248 e. The molecule has 0 aliphatic carbocycles. The molecule has 1 N–H and O–H groups in total. The van der Waals surface area contributed by atoms with E-state index >= 15 is 0 Å². The van der Waals surface area contributed by atoms with Crippen LogP contribution >= 0.6 is 0 Å². The second-order valence-corrected chi connectivity index (χ2v) is 6.11. The van der Waals surface area contributed by atoms with Crippen LogP contribution in [-0.4, -0.2) is 20.3 Å². The molecule has 2 heterocycles. The fourth-order valence-corrected chi connectivity index (χ4v) is 2.72. The van der Waals surface area contributed by atoms with Gasteiger partial charge in [-0.1, -0.05) is 13.8 Å². The fraction of sp³-hybridized carbons (Fsp3) is 0.278. The molecule has 0 saturated carbocycles. The van der Waals surface area contributed by atoms with Crippen LogP contribution in [-0.2, 0) is 0 Å². The van der Waals surface area contributed by atoms with Crippen molar-refractivity contribution in [1.82, 2.24) is 14.5 Å². The number of aryl methyl sites for hydroxylation is 2.